The summed E-state index contributed by atoms with van der Waals surface area (Å²) >= 11 is 25.9. The Kier molecular flexibility index (Phi) is 12.4. The minimum Gasteiger partial charge on any atom is -0.353 e. The molecular formula is C49H50Cl4N6O2. The van der Waals surface area contributed by atoms with Gasteiger partial charge in [0.15, 0.2) is 12.5 Å². The van der Waals surface area contributed by atoms with Gasteiger partial charge in [0.1, 0.15) is 0 Å². The molecule has 0 bridgehead atoms. The van der Waals surface area contributed by atoms with Crippen molar-refractivity contribution in [2.75, 3.05) is 6.67 Å². The van der Waals surface area contributed by atoms with Gasteiger partial charge < -0.3 is 10.6 Å². The van der Waals surface area contributed by atoms with E-state index in [4.69, 9.17) is 46.4 Å². The first-order chi connectivity index (χ1) is 29.3. The summed E-state index contributed by atoms with van der Waals surface area (Å²) in [7, 11) is 0. The van der Waals surface area contributed by atoms with Gasteiger partial charge in [0.25, 0.3) is 0 Å². The molecule has 4 fully saturated rings. The van der Waals surface area contributed by atoms with E-state index in [1.165, 1.54) is 11.1 Å². The molecule has 5 aliphatic rings. The number of hydrogen-bond donors (Lipinski definition) is 2. The number of azo groups is 1. The average Bonchev–Trinajstić information content (AvgIpc) is 3.96. The molecule has 0 radical (unpaired) electrons. The maximum Gasteiger partial charge on any atom is 0.226 e. The Balaban J connectivity index is 0.000000169. The number of rotatable bonds is 7. The molecule has 316 valence electrons. The van der Waals surface area contributed by atoms with Crippen molar-refractivity contribution in [1.82, 2.24) is 10.6 Å². The molecule has 2 amide bonds. The predicted molar refractivity (Wildman–Crippen MR) is 244 cm³/mol. The van der Waals surface area contributed by atoms with E-state index in [2.05, 4.69) is 90.0 Å². The van der Waals surface area contributed by atoms with Crippen LogP contribution in [-0.4, -0.2) is 36.4 Å². The first-order valence-corrected chi connectivity index (χ1v) is 22.9. The Morgan fingerprint density at radius 3 is 1.57 bits per heavy atom. The number of aliphatic imine (C=N–C) groups is 1. The van der Waals surface area contributed by atoms with Crippen LogP contribution in [0.1, 0.15) is 123 Å². The van der Waals surface area contributed by atoms with Crippen LogP contribution in [0.4, 0.5) is 0 Å². The number of amidine groups is 1. The van der Waals surface area contributed by atoms with Crippen molar-refractivity contribution in [3.8, 4) is 6.07 Å². The van der Waals surface area contributed by atoms with Gasteiger partial charge in [-0.2, -0.15) is 10.4 Å². The molecule has 3 aliphatic heterocycles. The molecule has 4 aromatic carbocycles. The lowest BCUT2D eigenvalue weighted by Crippen LogP contribution is -2.43. The largest absolute Gasteiger partial charge is 0.353 e. The van der Waals surface area contributed by atoms with Gasteiger partial charge in [-0.15, -0.1) is 5.11 Å². The molecule has 4 aromatic rings. The lowest BCUT2D eigenvalue weighted by atomic mass is 9.54. The second-order valence-corrected chi connectivity index (χ2v) is 19.2. The van der Waals surface area contributed by atoms with Gasteiger partial charge in [-0.3, -0.25) is 9.59 Å². The molecule has 61 heavy (non-hydrogen) atoms. The third kappa shape index (κ3) is 7.68. The lowest BCUT2D eigenvalue weighted by Gasteiger charge is -2.47. The summed E-state index contributed by atoms with van der Waals surface area (Å²) in [5.41, 5.74) is 5.32. The number of amides is 2. The molecule has 10 atom stereocenters. The van der Waals surface area contributed by atoms with Gasteiger partial charge in [-0.05, 0) is 141 Å². The van der Waals surface area contributed by atoms with Gasteiger partial charge in [0, 0.05) is 49.6 Å². The zero-order valence-corrected chi connectivity index (χ0v) is 37.8. The van der Waals surface area contributed by atoms with E-state index >= 15 is 0 Å². The van der Waals surface area contributed by atoms with Crippen LogP contribution in [0.3, 0.4) is 0 Å². The van der Waals surface area contributed by atoms with Crippen molar-refractivity contribution in [2.24, 2.45) is 37.9 Å². The van der Waals surface area contributed by atoms with Crippen LogP contribution < -0.4 is 10.6 Å². The van der Waals surface area contributed by atoms with Crippen molar-refractivity contribution in [2.45, 2.75) is 102 Å². The average molecular weight is 897 g/mol. The third-order valence-corrected chi connectivity index (χ3v) is 16.0. The topological polar surface area (TPSA) is 119 Å². The minimum atomic E-state index is -0.348. The summed E-state index contributed by atoms with van der Waals surface area (Å²) in [6.07, 6.45) is 5.14. The molecule has 3 heterocycles. The number of nitrogens with zero attached hydrogens (tertiary/aromatic N) is 4. The van der Waals surface area contributed by atoms with E-state index in [1.807, 2.05) is 48.5 Å². The van der Waals surface area contributed by atoms with Crippen LogP contribution in [0.15, 0.2) is 100 Å². The smallest absolute Gasteiger partial charge is 0.226 e. The van der Waals surface area contributed by atoms with Gasteiger partial charge in [0.2, 0.25) is 11.8 Å². The summed E-state index contributed by atoms with van der Waals surface area (Å²) in [6, 6.07) is 30.1. The summed E-state index contributed by atoms with van der Waals surface area (Å²) in [5, 5.41) is 26.5. The second-order valence-electron chi connectivity index (χ2n) is 17.5. The molecule has 2 saturated heterocycles. The molecule has 2 saturated carbocycles. The highest BCUT2D eigenvalue weighted by Gasteiger charge is 2.60. The fourth-order valence-corrected chi connectivity index (χ4v) is 12.9. The lowest BCUT2D eigenvalue weighted by molar-refractivity contribution is -0.132. The minimum absolute atomic E-state index is 0.0862. The van der Waals surface area contributed by atoms with Gasteiger partial charge in [-0.1, -0.05) is 103 Å². The second kappa shape index (κ2) is 17.5. The van der Waals surface area contributed by atoms with Crippen molar-refractivity contribution < 1.29 is 9.59 Å². The van der Waals surface area contributed by atoms with Crippen LogP contribution in [0.25, 0.3) is 0 Å². The van der Waals surface area contributed by atoms with Crippen LogP contribution >= 0.6 is 46.4 Å². The molecule has 2 aliphatic carbocycles. The number of carbonyl (C=O) groups excluding carboxylic acids is 2. The van der Waals surface area contributed by atoms with E-state index in [-0.39, 0.29) is 70.2 Å². The normalized spacial score (nSPS) is 31.2. The number of nitriles is 1. The SMILES string of the molecule is CC[C@@]12CC[C@@H](c3ccc(C#N)cc3Cl)[C@H](c3ccc(Cl)cc3)[C@@H]1[C@@H](C)NC2=O.CC[C@@]12CC[C@@H](c3ccc(C4=NCN=N4)cc3Cl)[C@H](c3ccc(Cl)cc3)[C@@H]1[C@@H](C)NC2=O. The maximum atomic E-state index is 13.1. The molecule has 0 spiro atoms. The van der Waals surface area contributed by atoms with E-state index in [0.29, 0.717) is 38.2 Å². The Morgan fingerprint density at radius 1 is 0.689 bits per heavy atom. The molecule has 0 unspecified atom stereocenters. The zero-order valence-electron chi connectivity index (χ0n) is 34.8. The van der Waals surface area contributed by atoms with E-state index in [9.17, 15) is 14.9 Å². The molecule has 9 rings (SSSR count). The molecule has 12 heteroatoms. The highest BCUT2D eigenvalue weighted by molar-refractivity contribution is 6.32. The maximum absolute atomic E-state index is 13.1. The van der Waals surface area contributed by atoms with Gasteiger partial charge in [0.05, 0.1) is 22.5 Å². The van der Waals surface area contributed by atoms with Crippen molar-refractivity contribution >= 4 is 64.1 Å². The monoisotopic (exact) mass is 894 g/mol. The van der Waals surface area contributed by atoms with Crippen molar-refractivity contribution in [3.05, 3.63) is 138 Å². The van der Waals surface area contributed by atoms with Crippen molar-refractivity contribution in [1.29, 1.82) is 5.26 Å². The Hall–Kier alpha value is -4.26. The standard InChI is InChI=1S/C25H26Cl2N4O.C24H24Cl2N2O/c1-3-25-11-10-19(18-9-6-16(12-20(18)27)23-28-13-29-31-23)21(15-4-7-17(26)8-5-15)22(25)14(2)30-24(25)32;1-3-24-11-10-19(18-9-4-15(13-27)12-20(18)26)21(16-5-7-17(25)8-6-16)22(24)14(2)28-23(24)29/h4-9,12,14,19,21-22H,3,10-11,13H2,1-2H3,(H,30,32);4-9,12,14,19,21-22H,3,10-11H2,1-2H3,(H,28,29)/t14-,19+,21+,22+,25-;14-,19+,21+,22+,24-/m11/s1. The Labute approximate surface area is 378 Å². The quantitative estimate of drug-likeness (QED) is 0.192. The molecule has 2 N–H and O–H groups in total. The van der Waals surface area contributed by atoms with E-state index < -0.39 is 0 Å². The molecule has 0 aromatic heterocycles. The van der Waals surface area contributed by atoms with Crippen LogP contribution in [0.2, 0.25) is 20.1 Å². The van der Waals surface area contributed by atoms with Crippen molar-refractivity contribution in [3.63, 3.8) is 0 Å². The highest BCUT2D eigenvalue weighted by atomic mass is 35.5. The Morgan fingerprint density at radius 2 is 1.16 bits per heavy atom. The fourth-order valence-electron chi connectivity index (χ4n) is 12.0. The number of halogens is 4. The highest BCUT2D eigenvalue weighted by Crippen LogP contribution is 2.62. The predicted octanol–water partition coefficient (Wildman–Crippen LogP) is 12.4. The number of fused-ring (bicyclic) bond motifs is 2. The van der Waals surface area contributed by atoms with E-state index in [0.717, 1.165) is 55.2 Å². The molecule has 8 nitrogen and oxygen atoms in total. The fraction of sp³-hybridized carbons (Fsp3) is 0.429. The van der Waals surface area contributed by atoms with Gasteiger partial charge in [-0.25, -0.2) is 4.99 Å². The van der Waals surface area contributed by atoms with Crippen LogP contribution in [-0.2, 0) is 9.59 Å². The summed E-state index contributed by atoms with van der Waals surface area (Å²) in [4.78, 5) is 30.4. The zero-order chi connectivity index (χ0) is 43.2. The first-order valence-electron chi connectivity index (χ1n) is 21.4. The van der Waals surface area contributed by atoms with Gasteiger partial charge >= 0.3 is 0 Å². The van der Waals surface area contributed by atoms with Crippen LogP contribution in [0, 0.1) is 34.0 Å². The number of nitrogens with one attached hydrogen (secondary N) is 2. The summed E-state index contributed by atoms with van der Waals surface area (Å²) in [5.74, 6) is 2.03. The summed E-state index contributed by atoms with van der Waals surface area (Å²) in [6.45, 7) is 8.89. The molecular weight excluding hydrogens is 846 g/mol. The number of carbonyl (C=O) groups is 2. The first kappa shape index (κ1) is 43.4. The van der Waals surface area contributed by atoms with Crippen LogP contribution in [0.5, 0.6) is 0 Å². The third-order valence-electron chi connectivity index (χ3n) is 14.8. The Bertz CT molecular complexity index is 2430. The summed E-state index contributed by atoms with van der Waals surface area (Å²) < 4.78 is 0. The van der Waals surface area contributed by atoms with E-state index in [1.54, 1.807) is 6.07 Å². The number of hydrogen-bond acceptors (Lipinski definition) is 6. The number of benzene rings is 4.